The monoisotopic (exact) mass is 459 g/mol. The molecule has 0 saturated heterocycles. The molecule has 0 aliphatic carbocycles. The van der Waals surface area contributed by atoms with Crippen molar-refractivity contribution in [2.75, 3.05) is 5.32 Å². The van der Waals surface area contributed by atoms with Gasteiger partial charge in [-0.25, -0.2) is 0 Å². The normalized spacial score (nSPS) is 15.3. The van der Waals surface area contributed by atoms with Crippen LogP contribution >= 0.6 is 12.2 Å². The summed E-state index contributed by atoms with van der Waals surface area (Å²) < 4.78 is 12.3. The zero-order valence-electron chi connectivity index (χ0n) is 19.4. The van der Waals surface area contributed by atoms with Crippen LogP contribution in [0.2, 0.25) is 0 Å². The van der Waals surface area contributed by atoms with E-state index in [1.54, 1.807) is 0 Å². The van der Waals surface area contributed by atoms with Crippen molar-refractivity contribution in [2.45, 2.75) is 46.3 Å². The average molecular weight is 460 g/mol. The van der Waals surface area contributed by atoms with Crippen molar-refractivity contribution in [1.29, 1.82) is 0 Å². The van der Waals surface area contributed by atoms with Gasteiger partial charge in [-0.1, -0.05) is 36.4 Å². The van der Waals surface area contributed by atoms with Crippen LogP contribution in [-0.4, -0.2) is 16.4 Å². The van der Waals surface area contributed by atoms with Crippen LogP contribution in [-0.2, 0) is 6.61 Å². The van der Waals surface area contributed by atoms with Crippen LogP contribution < -0.4 is 20.2 Å². The van der Waals surface area contributed by atoms with Gasteiger partial charge in [0.1, 0.15) is 23.7 Å². The summed E-state index contributed by atoms with van der Waals surface area (Å²) in [5.74, 6) is 1.56. The number of anilines is 1. The fourth-order valence-corrected chi connectivity index (χ4v) is 3.94. The molecule has 2 N–H and O–H groups in total. The molecule has 0 aromatic heterocycles. The van der Waals surface area contributed by atoms with Gasteiger partial charge in [0.25, 0.3) is 0 Å². The van der Waals surface area contributed by atoms with Gasteiger partial charge >= 0.3 is 0 Å². The predicted molar refractivity (Wildman–Crippen MR) is 138 cm³/mol. The molecule has 0 bridgehead atoms. The second kappa shape index (κ2) is 9.63. The van der Waals surface area contributed by atoms with E-state index in [1.807, 2.05) is 61.5 Å². The molecular weight excluding hydrogens is 430 g/mol. The van der Waals surface area contributed by atoms with Gasteiger partial charge in [-0.05, 0) is 86.9 Å². The van der Waals surface area contributed by atoms with E-state index in [-0.39, 0.29) is 5.60 Å². The Balaban J connectivity index is 1.52. The molecule has 6 heteroatoms. The maximum absolute atomic E-state index is 6.19. The Kier molecular flexibility index (Phi) is 6.65. The van der Waals surface area contributed by atoms with E-state index in [1.165, 1.54) is 5.56 Å². The first-order chi connectivity index (χ1) is 15.8. The Hall–Kier alpha value is -3.38. The first-order valence-corrected chi connectivity index (χ1v) is 11.4. The molecular formula is C27H29N3O2S. The molecule has 0 amide bonds. The Labute approximate surface area is 200 Å². The zero-order chi connectivity index (χ0) is 23.4. The number of fused-ring (bicyclic) bond motifs is 1. The van der Waals surface area contributed by atoms with Crippen molar-refractivity contribution in [3.63, 3.8) is 0 Å². The summed E-state index contributed by atoms with van der Waals surface area (Å²) in [4.78, 5) is 0. The minimum Gasteiger partial charge on any atom is -0.489 e. The highest BCUT2D eigenvalue weighted by atomic mass is 32.1. The van der Waals surface area contributed by atoms with Gasteiger partial charge in [0.05, 0.1) is 5.71 Å². The smallest absolute Gasteiger partial charge is 0.191 e. The van der Waals surface area contributed by atoms with Crippen molar-refractivity contribution in [1.82, 2.24) is 5.43 Å². The lowest BCUT2D eigenvalue weighted by molar-refractivity contribution is 0.111. The molecule has 5 nitrogen and oxygen atoms in total. The predicted octanol–water partition coefficient (Wildman–Crippen LogP) is 6.13. The first-order valence-electron chi connectivity index (χ1n) is 11.0. The number of benzene rings is 3. The van der Waals surface area contributed by atoms with Crippen LogP contribution in [0.15, 0.2) is 71.8 Å². The summed E-state index contributed by atoms with van der Waals surface area (Å²) in [6.45, 7) is 8.75. The summed E-state index contributed by atoms with van der Waals surface area (Å²) in [6, 6.07) is 22.1. The van der Waals surface area contributed by atoms with Crippen molar-refractivity contribution < 1.29 is 9.47 Å². The molecule has 1 heterocycles. The second-order valence-electron chi connectivity index (χ2n) is 8.91. The fourth-order valence-electron chi connectivity index (χ4n) is 3.78. The Morgan fingerprint density at radius 2 is 1.88 bits per heavy atom. The van der Waals surface area contributed by atoms with Gasteiger partial charge in [0.2, 0.25) is 0 Å². The molecule has 1 aliphatic rings. The summed E-state index contributed by atoms with van der Waals surface area (Å²) in [5.41, 5.74) is 8.86. The third-order valence-corrected chi connectivity index (χ3v) is 5.66. The lowest BCUT2D eigenvalue weighted by Crippen LogP contribution is -2.37. The largest absolute Gasteiger partial charge is 0.489 e. The van der Waals surface area contributed by atoms with E-state index in [2.05, 4.69) is 48.7 Å². The molecule has 3 aromatic carbocycles. The molecule has 0 spiro atoms. The van der Waals surface area contributed by atoms with E-state index in [9.17, 15) is 0 Å². The molecule has 0 atom stereocenters. The number of hydrogen-bond donors (Lipinski definition) is 2. The van der Waals surface area contributed by atoms with Gasteiger partial charge in [-0.2, -0.15) is 5.10 Å². The number of ether oxygens (including phenoxy) is 2. The lowest BCUT2D eigenvalue weighted by Gasteiger charge is -2.33. The van der Waals surface area contributed by atoms with E-state index in [0.717, 1.165) is 39.6 Å². The number of rotatable bonds is 5. The van der Waals surface area contributed by atoms with Gasteiger partial charge < -0.3 is 14.8 Å². The highest BCUT2D eigenvalue weighted by Crippen LogP contribution is 2.35. The molecule has 0 radical (unpaired) electrons. The van der Waals surface area contributed by atoms with Crippen LogP contribution in [0.4, 0.5) is 5.69 Å². The number of hydrogen-bond acceptors (Lipinski definition) is 4. The number of nitrogens with zero attached hydrogens (tertiary/aromatic N) is 1. The standard InChI is InChI=1S/C27H29N3O2S/c1-18-8-7-11-21(14-18)28-26(33)30-29-24-16-27(3,4)32-25-13-12-22(15-23(24)25)31-17-20-10-6-5-9-19(20)2/h5-15H,16-17H2,1-4H3,(H2,28,30,33)/b29-24+. The van der Waals surface area contributed by atoms with Gasteiger partial charge in [-0.3, -0.25) is 5.43 Å². The van der Waals surface area contributed by atoms with Crippen molar-refractivity contribution in [2.24, 2.45) is 5.10 Å². The summed E-state index contributed by atoms with van der Waals surface area (Å²) in [7, 11) is 0. The highest BCUT2D eigenvalue weighted by Gasteiger charge is 2.31. The Morgan fingerprint density at radius 1 is 1.06 bits per heavy atom. The van der Waals surface area contributed by atoms with E-state index < -0.39 is 0 Å². The van der Waals surface area contributed by atoms with Crippen LogP contribution in [0.1, 0.15) is 42.5 Å². The Morgan fingerprint density at radius 3 is 2.67 bits per heavy atom. The highest BCUT2D eigenvalue weighted by molar-refractivity contribution is 7.80. The molecule has 4 rings (SSSR count). The number of nitrogens with one attached hydrogen (secondary N) is 2. The summed E-state index contributed by atoms with van der Waals surface area (Å²) in [5, 5.41) is 8.26. The maximum Gasteiger partial charge on any atom is 0.191 e. The topological polar surface area (TPSA) is 54.9 Å². The molecule has 0 saturated carbocycles. The van der Waals surface area contributed by atoms with Crippen LogP contribution in [0, 0.1) is 13.8 Å². The number of hydrazone groups is 1. The molecule has 170 valence electrons. The summed E-state index contributed by atoms with van der Waals surface area (Å²) >= 11 is 5.45. The quantitative estimate of drug-likeness (QED) is 0.355. The van der Waals surface area contributed by atoms with Gasteiger partial charge in [0.15, 0.2) is 5.11 Å². The number of thiocarbonyl (C=S) groups is 1. The maximum atomic E-state index is 6.19. The number of aryl methyl sites for hydroxylation is 2. The third kappa shape index (κ3) is 5.90. The molecule has 33 heavy (non-hydrogen) atoms. The van der Waals surface area contributed by atoms with Crippen molar-refractivity contribution in [3.05, 3.63) is 89.0 Å². The molecule has 3 aromatic rings. The van der Waals surface area contributed by atoms with E-state index in [0.29, 0.717) is 18.1 Å². The minimum absolute atomic E-state index is 0.372. The van der Waals surface area contributed by atoms with E-state index in [4.69, 9.17) is 21.7 Å². The Bertz CT molecular complexity index is 1200. The van der Waals surface area contributed by atoms with Crippen LogP contribution in [0.3, 0.4) is 0 Å². The second-order valence-corrected chi connectivity index (χ2v) is 9.31. The van der Waals surface area contributed by atoms with Gasteiger partial charge in [-0.15, -0.1) is 0 Å². The SMILES string of the molecule is Cc1cccc(NC(=S)N/N=C2\CC(C)(C)Oc3ccc(OCc4ccccc4C)cc32)c1. The minimum atomic E-state index is -0.372. The third-order valence-electron chi connectivity index (χ3n) is 5.47. The lowest BCUT2D eigenvalue weighted by atomic mass is 9.92. The summed E-state index contributed by atoms with van der Waals surface area (Å²) in [6.07, 6.45) is 0.640. The van der Waals surface area contributed by atoms with Crippen molar-refractivity contribution >= 4 is 28.7 Å². The zero-order valence-corrected chi connectivity index (χ0v) is 20.3. The molecule has 0 unspecified atom stereocenters. The van der Waals surface area contributed by atoms with Crippen LogP contribution in [0.25, 0.3) is 0 Å². The van der Waals surface area contributed by atoms with Gasteiger partial charge in [0, 0.05) is 17.7 Å². The van der Waals surface area contributed by atoms with Crippen LogP contribution in [0.5, 0.6) is 11.5 Å². The first kappa shape index (κ1) is 22.8. The van der Waals surface area contributed by atoms with E-state index >= 15 is 0 Å². The molecule has 1 aliphatic heterocycles. The molecule has 0 fully saturated rings. The van der Waals surface area contributed by atoms with Crippen molar-refractivity contribution in [3.8, 4) is 11.5 Å². The fraction of sp³-hybridized carbons (Fsp3) is 0.259. The average Bonchev–Trinajstić information content (AvgIpc) is 2.76.